The van der Waals surface area contributed by atoms with Gasteiger partial charge in [0.15, 0.2) is 0 Å². The van der Waals surface area contributed by atoms with Crippen molar-refractivity contribution in [3.8, 4) is 0 Å². The van der Waals surface area contributed by atoms with Crippen LogP contribution in [-0.4, -0.2) is 76.4 Å². The molecule has 0 bridgehead atoms. The Morgan fingerprint density at radius 2 is 1.36 bits per heavy atom. The molecule has 5 amide bonds. The molecule has 186 valence electrons. The summed E-state index contributed by atoms with van der Waals surface area (Å²) in [5.74, 6) is -6.65. The monoisotopic (exact) mass is 473 g/mol. The standard InChI is InChI=1S/C19H31N5O9/c1-9(2)6-11(17(20)31)24-18(32)10(3)22-19(33)12(7-16(29)30)23-14(26)8-21-13(25)4-5-15(27)28/h9-12H,4-8H2,1-3H3,(H2,20,31)(H,21,25)(H,22,33)(H,23,26)(H,24,32)(H,27,28)(H,29,30)/t10-,11-,12-/m0/s1. The zero-order valence-electron chi connectivity index (χ0n) is 18.7. The normalized spacial score (nSPS) is 13.2. The van der Waals surface area contributed by atoms with Crippen molar-refractivity contribution >= 4 is 41.5 Å². The van der Waals surface area contributed by atoms with Gasteiger partial charge in [0.1, 0.15) is 18.1 Å². The summed E-state index contributed by atoms with van der Waals surface area (Å²) in [4.78, 5) is 81.2. The number of nitrogens with two attached hydrogens (primary N) is 1. The Balaban J connectivity index is 4.93. The molecule has 0 aliphatic carbocycles. The lowest BCUT2D eigenvalue weighted by Gasteiger charge is -2.22. The zero-order valence-corrected chi connectivity index (χ0v) is 18.7. The Hall–Kier alpha value is -3.71. The van der Waals surface area contributed by atoms with Gasteiger partial charge in [-0.25, -0.2) is 0 Å². The molecule has 14 nitrogen and oxygen atoms in total. The lowest BCUT2D eigenvalue weighted by molar-refractivity contribution is -0.141. The van der Waals surface area contributed by atoms with Crippen molar-refractivity contribution in [2.45, 2.75) is 64.6 Å². The average Bonchev–Trinajstić information content (AvgIpc) is 2.68. The summed E-state index contributed by atoms with van der Waals surface area (Å²) in [6, 6.07) is -3.71. The smallest absolute Gasteiger partial charge is 0.305 e. The first-order chi connectivity index (χ1) is 15.2. The van der Waals surface area contributed by atoms with Crippen molar-refractivity contribution in [3.63, 3.8) is 0 Å². The van der Waals surface area contributed by atoms with E-state index in [0.29, 0.717) is 0 Å². The summed E-state index contributed by atoms with van der Waals surface area (Å²) in [6.07, 6.45) is -1.34. The number of aliphatic carboxylic acids is 2. The highest BCUT2D eigenvalue weighted by atomic mass is 16.4. The summed E-state index contributed by atoms with van der Waals surface area (Å²) < 4.78 is 0. The maximum absolute atomic E-state index is 12.4. The van der Waals surface area contributed by atoms with E-state index in [1.54, 1.807) is 0 Å². The van der Waals surface area contributed by atoms with Gasteiger partial charge in [-0.3, -0.25) is 33.6 Å². The van der Waals surface area contributed by atoms with Crippen molar-refractivity contribution in [1.29, 1.82) is 0 Å². The summed E-state index contributed by atoms with van der Waals surface area (Å²) in [6.45, 7) is 4.32. The fraction of sp³-hybridized carbons (Fsp3) is 0.632. The molecule has 0 saturated heterocycles. The highest BCUT2D eigenvalue weighted by Gasteiger charge is 2.28. The molecule has 3 atom stereocenters. The van der Waals surface area contributed by atoms with E-state index >= 15 is 0 Å². The fourth-order valence-electron chi connectivity index (χ4n) is 2.51. The SMILES string of the molecule is CC(C)C[C@H](NC(=O)[C@H](C)NC(=O)[C@H](CC(=O)O)NC(=O)CNC(=O)CCC(=O)O)C(N)=O. The predicted molar refractivity (Wildman–Crippen MR) is 112 cm³/mol. The maximum atomic E-state index is 12.4. The fourth-order valence-corrected chi connectivity index (χ4v) is 2.51. The summed E-state index contributed by atoms with van der Waals surface area (Å²) in [7, 11) is 0. The maximum Gasteiger partial charge on any atom is 0.305 e. The molecule has 0 heterocycles. The van der Waals surface area contributed by atoms with E-state index in [0.717, 1.165) is 0 Å². The number of hydrogen-bond acceptors (Lipinski definition) is 7. The molecule has 0 rings (SSSR count). The van der Waals surface area contributed by atoms with E-state index < -0.39 is 79.0 Å². The van der Waals surface area contributed by atoms with Gasteiger partial charge in [-0.05, 0) is 19.3 Å². The van der Waals surface area contributed by atoms with Crippen molar-refractivity contribution in [3.05, 3.63) is 0 Å². The van der Waals surface area contributed by atoms with Crippen molar-refractivity contribution in [1.82, 2.24) is 21.3 Å². The van der Waals surface area contributed by atoms with Crippen LogP contribution >= 0.6 is 0 Å². The molecule has 0 aromatic rings. The number of carbonyl (C=O) groups excluding carboxylic acids is 5. The van der Waals surface area contributed by atoms with Gasteiger partial charge in [0.2, 0.25) is 29.5 Å². The molecule has 0 fully saturated rings. The van der Waals surface area contributed by atoms with Gasteiger partial charge < -0.3 is 37.2 Å². The minimum atomic E-state index is -1.57. The summed E-state index contributed by atoms with van der Waals surface area (Å²) in [5.41, 5.74) is 5.26. The number of amides is 5. The zero-order chi connectivity index (χ0) is 25.7. The summed E-state index contributed by atoms with van der Waals surface area (Å²) in [5, 5.41) is 26.4. The lowest BCUT2D eigenvalue weighted by atomic mass is 10.0. The van der Waals surface area contributed by atoms with Crippen LogP contribution in [0.2, 0.25) is 0 Å². The number of primary amides is 1. The molecular weight excluding hydrogens is 442 g/mol. The predicted octanol–water partition coefficient (Wildman–Crippen LogP) is -2.55. The van der Waals surface area contributed by atoms with Crippen molar-refractivity contribution in [2.24, 2.45) is 11.7 Å². The Kier molecular flexibility index (Phi) is 12.8. The quantitative estimate of drug-likeness (QED) is 0.132. The molecule has 8 N–H and O–H groups in total. The molecule has 0 aromatic carbocycles. The van der Waals surface area contributed by atoms with Crippen molar-refractivity contribution in [2.75, 3.05) is 6.54 Å². The third kappa shape index (κ3) is 13.3. The summed E-state index contributed by atoms with van der Waals surface area (Å²) >= 11 is 0. The van der Waals surface area contributed by atoms with Gasteiger partial charge in [-0.2, -0.15) is 0 Å². The highest BCUT2D eigenvalue weighted by molar-refractivity contribution is 5.95. The second-order valence-corrected chi connectivity index (χ2v) is 7.71. The Labute approximate surface area is 190 Å². The van der Waals surface area contributed by atoms with Crippen LogP contribution in [0.3, 0.4) is 0 Å². The van der Waals surface area contributed by atoms with E-state index in [-0.39, 0.29) is 18.8 Å². The molecule has 0 unspecified atom stereocenters. The number of rotatable bonds is 15. The Morgan fingerprint density at radius 3 is 1.85 bits per heavy atom. The molecule has 0 radical (unpaired) electrons. The van der Waals surface area contributed by atoms with Gasteiger partial charge >= 0.3 is 11.9 Å². The molecule has 14 heteroatoms. The lowest BCUT2D eigenvalue weighted by Crippen LogP contribution is -2.56. The van der Waals surface area contributed by atoms with E-state index in [9.17, 15) is 33.6 Å². The van der Waals surface area contributed by atoms with E-state index in [1.807, 2.05) is 13.8 Å². The highest BCUT2D eigenvalue weighted by Crippen LogP contribution is 2.05. The van der Waals surface area contributed by atoms with Gasteiger partial charge in [0.25, 0.3) is 0 Å². The van der Waals surface area contributed by atoms with Crippen LogP contribution in [0.4, 0.5) is 0 Å². The second kappa shape index (κ2) is 14.4. The molecule has 0 aliphatic heterocycles. The number of carboxylic acid groups (broad SMARTS) is 2. The van der Waals surface area contributed by atoms with Crippen LogP contribution in [0.1, 0.15) is 46.5 Å². The van der Waals surface area contributed by atoms with Gasteiger partial charge in [-0.1, -0.05) is 13.8 Å². The van der Waals surface area contributed by atoms with Crippen LogP contribution in [-0.2, 0) is 33.6 Å². The molecule has 33 heavy (non-hydrogen) atoms. The minimum Gasteiger partial charge on any atom is -0.481 e. The van der Waals surface area contributed by atoms with Gasteiger partial charge in [0.05, 0.1) is 19.4 Å². The van der Waals surface area contributed by atoms with Crippen LogP contribution in [0, 0.1) is 5.92 Å². The van der Waals surface area contributed by atoms with Crippen LogP contribution < -0.4 is 27.0 Å². The Bertz CT molecular complexity index is 769. The number of carbonyl (C=O) groups is 7. The third-order valence-electron chi connectivity index (χ3n) is 4.16. The van der Waals surface area contributed by atoms with Gasteiger partial charge in [-0.15, -0.1) is 0 Å². The van der Waals surface area contributed by atoms with E-state index in [1.165, 1.54) is 6.92 Å². The van der Waals surface area contributed by atoms with Crippen LogP contribution in [0.15, 0.2) is 0 Å². The average molecular weight is 473 g/mol. The topological polar surface area (TPSA) is 234 Å². The van der Waals surface area contributed by atoms with Crippen molar-refractivity contribution < 1.29 is 43.8 Å². The molecule has 0 spiro atoms. The van der Waals surface area contributed by atoms with Crippen LogP contribution in [0.25, 0.3) is 0 Å². The molecule has 0 aliphatic rings. The Morgan fingerprint density at radius 1 is 0.758 bits per heavy atom. The minimum absolute atomic E-state index is 0.0486. The number of hydrogen-bond donors (Lipinski definition) is 7. The van der Waals surface area contributed by atoms with E-state index in [4.69, 9.17) is 15.9 Å². The third-order valence-corrected chi connectivity index (χ3v) is 4.16. The second-order valence-electron chi connectivity index (χ2n) is 7.71. The first-order valence-electron chi connectivity index (χ1n) is 10.1. The molecular formula is C19H31N5O9. The van der Waals surface area contributed by atoms with Crippen LogP contribution in [0.5, 0.6) is 0 Å². The molecule has 0 saturated carbocycles. The largest absolute Gasteiger partial charge is 0.481 e. The first kappa shape index (κ1) is 29.3. The number of carboxylic acids is 2. The van der Waals surface area contributed by atoms with Gasteiger partial charge in [0, 0.05) is 6.42 Å². The first-order valence-corrected chi connectivity index (χ1v) is 10.1. The number of nitrogens with one attached hydrogen (secondary N) is 4. The molecule has 0 aromatic heterocycles. The van der Waals surface area contributed by atoms with E-state index in [2.05, 4.69) is 21.3 Å².